The molecule has 1 fully saturated rings. The minimum absolute atomic E-state index is 0.772. The zero-order valence-electron chi connectivity index (χ0n) is 8.37. The van der Waals surface area contributed by atoms with E-state index in [4.69, 9.17) is 5.41 Å². The van der Waals surface area contributed by atoms with Crippen LogP contribution in [0.25, 0.3) is 0 Å². The van der Waals surface area contributed by atoms with Crippen molar-refractivity contribution in [2.75, 3.05) is 13.1 Å². The van der Waals surface area contributed by atoms with Crippen LogP contribution >= 0.6 is 0 Å². The third kappa shape index (κ3) is 2.13. The molecule has 0 unspecified atom stereocenters. The Morgan fingerprint density at radius 3 is 2.43 bits per heavy atom. The molecule has 1 aromatic carbocycles. The summed E-state index contributed by atoms with van der Waals surface area (Å²) in [4.78, 5) is 2.19. The zero-order chi connectivity index (χ0) is 9.80. The van der Waals surface area contributed by atoms with Gasteiger partial charge in [-0.15, -0.1) is 0 Å². The summed E-state index contributed by atoms with van der Waals surface area (Å²) in [6.45, 7) is 2.15. The van der Waals surface area contributed by atoms with Crippen molar-refractivity contribution in [2.24, 2.45) is 0 Å². The summed E-state index contributed by atoms with van der Waals surface area (Å²) in [5.74, 6) is 0.772. The van der Waals surface area contributed by atoms with Crippen LogP contribution in [0.5, 0.6) is 0 Å². The van der Waals surface area contributed by atoms with Crippen LogP contribution in [-0.2, 0) is 6.42 Å². The maximum absolute atomic E-state index is 7.95. The Balaban J connectivity index is 1.94. The van der Waals surface area contributed by atoms with E-state index in [-0.39, 0.29) is 0 Å². The summed E-state index contributed by atoms with van der Waals surface area (Å²) in [5, 5.41) is 7.95. The average Bonchev–Trinajstić information content (AvgIpc) is 2.72. The molecule has 0 bridgehead atoms. The van der Waals surface area contributed by atoms with Gasteiger partial charge in [0.2, 0.25) is 0 Å². The highest BCUT2D eigenvalue weighted by molar-refractivity contribution is 5.81. The van der Waals surface area contributed by atoms with Crippen molar-refractivity contribution in [3.05, 3.63) is 35.9 Å². The normalized spacial score (nSPS) is 15.9. The second kappa shape index (κ2) is 4.27. The van der Waals surface area contributed by atoms with E-state index >= 15 is 0 Å². The second-order valence-corrected chi connectivity index (χ2v) is 3.80. The fourth-order valence-corrected chi connectivity index (χ4v) is 1.89. The monoisotopic (exact) mass is 188 g/mol. The Bertz CT molecular complexity index is 299. The minimum Gasteiger partial charge on any atom is -0.360 e. The first-order valence-corrected chi connectivity index (χ1v) is 5.22. The van der Waals surface area contributed by atoms with Crippen LogP contribution in [-0.4, -0.2) is 23.8 Å². The smallest absolute Gasteiger partial charge is 0.100 e. The van der Waals surface area contributed by atoms with Gasteiger partial charge in [-0.05, 0) is 18.4 Å². The number of rotatable bonds is 2. The molecule has 74 valence electrons. The van der Waals surface area contributed by atoms with Crippen LogP contribution in [0.15, 0.2) is 30.3 Å². The van der Waals surface area contributed by atoms with Crippen molar-refractivity contribution < 1.29 is 0 Å². The van der Waals surface area contributed by atoms with E-state index in [1.807, 2.05) is 18.2 Å². The van der Waals surface area contributed by atoms with Gasteiger partial charge in [0.05, 0.1) is 0 Å². The summed E-state index contributed by atoms with van der Waals surface area (Å²) in [7, 11) is 0. The maximum Gasteiger partial charge on any atom is 0.100 e. The van der Waals surface area contributed by atoms with Gasteiger partial charge in [-0.2, -0.15) is 0 Å². The third-order valence-corrected chi connectivity index (χ3v) is 2.70. The largest absolute Gasteiger partial charge is 0.360 e. The maximum atomic E-state index is 7.95. The van der Waals surface area contributed by atoms with Crippen LogP contribution in [0.4, 0.5) is 0 Å². The van der Waals surface area contributed by atoms with E-state index in [0.29, 0.717) is 0 Å². The molecule has 1 aliphatic heterocycles. The number of nitrogens with zero attached hydrogens (tertiary/aromatic N) is 1. The van der Waals surface area contributed by atoms with Crippen molar-refractivity contribution in [3.8, 4) is 0 Å². The standard InChI is InChI=1S/C12H16N2/c13-12(14-8-4-5-9-14)10-11-6-2-1-3-7-11/h1-3,6-7,13H,4-5,8-10H2. The highest BCUT2D eigenvalue weighted by Crippen LogP contribution is 2.10. The van der Waals surface area contributed by atoms with E-state index in [1.54, 1.807) is 0 Å². The van der Waals surface area contributed by atoms with Crippen LogP contribution in [0.3, 0.4) is 0 Å². The first-order chi connectivity index (χ1) is 6.86. The van der Waals surface area contributed by atoms with Crippen molar-refractivity contribution in [3.63, 3.8) is 0 Å². The van der Waals surface area contributed by atoms with Crippen LogP contribution < -0.4 is 0 Å². The molecule has 0 spiro atoms. The van der Waals surface area contributed by atoms with Crippen LogP contribution in [0, 0.1) is 5.41 Å². The summed E-state index contributed by atoms with van der Waals surface area (Å²) in [6, 6.07) is 10.3. The van der Waals surface area contributed by atoms with Gasteiger partial charge in [0.1, 0.15) is 5.84 Å². The quantitative estimate of drug-likeness (QED) is 0.559. The molecule has 2 nitrogen and oxygen atoms in total. The molecule has 1 heterocycles. The Morgan fingerprint density at radius 1 is 1.14 bits per heavy atom. The Morgan fingerprint density at radius 2 is 1.79 bits per heavy atom. The van der Waals surface area contributed by atoms with Gasteiger partial charge < -0.3 is 4.90 Å². The molecule has 0 saturated carbocycles. The number of nitrogens with one attached hydrogen (secondary N) is 1. The van der Waals surface area contributed by atoms with Gasteiger partial charge in [-0.3, -0.25) is 5.41 Å². The molecule has 1 aliphatic rings. The van der Waals surface area contributed by atoms with E-state index in [9.17, 15) is 0 Å². The number of hydrogen-bond acceptors (Lipinski definition) is 1. The third-order valence-electron chi connectivity index (χ3n) is 2.70. The molecule has 0 amide bonds. The van der Waals surface area contributed by atoms with Gasteiger partial charge in [0.15, 0.2) is 0 Å². The number of likely N-dealkylation sites (tertiary alicyclic amines) is 1. The molecule has 0 atom stereocenters. The molecule has 1 saturated heterocycles. The van der Waals surface area contributed by atoms with Crippen molar-refractivity contribution in [2.45, 2.75) is 19.3 Å². The predicted octanol–water partition coefficient (Wildman–Crippen LogP) is 2.30. The lowest BCUT2D eigenvalue weighted by Gasteiger charge is -2.18. The molecule has 14 heavy (non-hydrogen) atoms. The Kier molecular flexibility index (Phi) is 2.82. The van der Waals surface area contributed by atoms with Gasteiger partial charge >= 0.3 is 0 Å². The fraction of sp³-hybridized carbons (Fsp3) is 0.417. The summed E-state index contributed by atoms with van der Waals surface area (Å²) in [5.41, 5.74) is 1.24. The average molecular weight is 188 g/mol. The number of benzene rings is 1. The van der Waals surface area contributed by atoms with E-state index in [0.717, 1.165) is 25.3 Å². The SMILES string of the molecule is N=C(Cc1ccccc1)N1CCCC1. The summed E-state index contributed by atoms with van der Waals surface area (Å²) >= 11 is 0. The van der Waals surface area contributed by atoms with E-state index in [2.05, 4.69) is 17.0 Å². The lowest BCUT2D eigenvalue weighted by atomic mass is 10.1. The van der Waals surface area contributed by atoms with Crippen molar-refractivity contribution in [1.29, 1.82) is 5.41 Å². The van der Waals surface area contributed by atoms with Crippen molar-refractivity contribution in [1.82, 2.24) is 4.90 Å². The number of amidine groups is 1. The first kappa shape index (κ1) is 9.25. The molecule has 2 rings (SSSR count). The topological polar surface area (TPSA) is 27.1 Å². The van der Waals surface area contributed by atoms with Gasteiger partial charge in [-0.25, -0.2) is 0 Å². The predicted molar refractivity (Wildman–Crippen MR) is 58.7 cm³/mol. The zero-order valence-corrected chi connectivity index (χ0v) is 8.37. The molecule has 0 radical (unpaired) electrons. The number of hydrogen-bond donors (Lipinski definition) is 1. The van der Waals surface area contributed by atoms with E-state index < -0.39 is 0 Å². The molecule has 1 N–H and O–H groups in total. The second-order valence-electron chi connectivity index (χ2n) is 3.80. The highest BCUT2D eigenvalue weighted by Gasteiger charge is 2.14. The minimum atomic E-state index is 0.772. The van der Waals surface area contributed by atoms with Crippen LogP contribution in [0.2, 0.25) is 0 Å². The fourth-order valence-electron chi connectivity index (χ4n) is 1.89. The molecule has 0 aromatic heterocycles. The molecular weight excluding hydrogens is 172 g/mol. The van der Waals surface area contributed by atoms with Crippen molar-refractivity contribution >= 4 is 5.84 Å². The van der Waals surface area contributed by atoms with E-state index in [1.165, 1.54) is 18.4 Å². The molecule has 0 aliphatic carbocycles. The summed E-state index contributed by atoms with van der Waals surface area (Å²) < 4.78 is 0. The molecular formula is C12H16N2. The summed E-state index contributed by atoms with van der Waals surface area (Å²) in [6.07, 6.45) is 3.27. The Hall–Kier alpha value is -1.31. The lowest BCUT2D eigenvalue weighted by molar-refractivity contribution is 0.507. The van der Waals surface area contributed by atoms with Gasteiger partial charge in [-0.1, -0.05) is 30.3 Å². The highest BCUT2D eigenvalue weighted by atomic mass is 15.2. The first-order valence-electron chi connectivity index (χ1n) is 5.22. The lowest BCUT2D eigenvalue weighted by Crippen LogP contribution is -2.28. The van der Waals surface area contributed by atoms with Crippen LogP contribution in [0.1, 0.15) is 18.4 Å². The molecule has 1 aromatic rings. The van der Waals surface area contributed by atoms with Gasteiger partial charge in [0, 0.05) is 19.5 Å². The van der Waals surface area contributed by atoms with Gasteiger partial charge in [0.25, 0.3) is 0 Å². The molecule has 2 heteroatoms. The Labute approximate surface area is 85.1 Å².